The van der Waals surface area contributed by atoms with Crippen molar-refractivity contribution in [1.82, 2.24) is 4.98 Å². The Morgan fingerprint density at radius 1 is 1.75 bits per heavy atom. The second-order valence-corrected chi connectivity index (χ2v) is 1.93. The van der Waals surface area contributed by atoms with E-state index in [9.17, 15) is 10.1 Å². The van der Waals surface area contributed by atoms with Gasteiger partial charge in [0.1, 0.15) is 6.07 Å². The molecule has 1 aromatic heterocycles. The van der Waals surface area contributed by atoms with Gasteiger partial charge in [-0.15, -0.1) is 0 Å². The summed E-state index contributed by atoms with van der Waals surface area (Å²) in [7, 11) is 0. The molecule has 1 N–H and O–H groups in total. The first-order valence-corrected chi connectivity index (χ1v) is 2.88. The molecule has 60 valence electrons. The van der Waals surface area contributed by atoms with Crippen molar-refractivity contribution in [2.75, 3.05) is 0 Å². The van der Waals surface area contributed by atoms with Crippen molar-refractivity contribution in [2.45, 2.75) is 0 Å². The Kier molecular flexibility index (Phi) is 1.88. The average molecular weight is 165 g/mol. The van der Waals surface area contributed by atoms with Crippen LogP contribution in [0, 0.1) is 21.4 Å². The van der Waals surface area contributed by atoms with Crippen LogP contribution in [0.4, 0.5) is 5.82 Å². The van der Waals surface area contributed by atoms with Gasteiger partial charge in [-0.25, -0.2) is 0 Å². The van der Waals surface area contributed by atoms with Gasteiger partial charge in [-0.1, -0.05) is 0 Å². The molecule has 0 amide bonds. The number of nitrogens with zero attached hydrogens (tertiary/aromatic N) is 3. The quantitative estimate of drug-likeness (QED) is 0.484. The predicted octanol–water partition coefficient (Wildman–Crippen LogP) is 0.567. The summed E-state index contributed by atoms with van der Waals surface area (Å²) >= 11 is 0. The van der Waals surface area contributed by atoms with Crippen LogP contribution in [0.5, 0.6) is 5.75 Å². The highest BCUT2D eigenvalue weighted by molar-refractivity contribution is 5.45. The monoisotopic (exact) mass is 165 g/mol. The van der Waals surface area contributed by atoms with Crippen LogP contribution in [-0.2, 0) is 0 Å². The van der Waals surface area contributed by atoms with Gasteiger partial charge in [0.05, 0.1) is 0 Å². The van der Waals surface area contributed by atoms with Crippen molar-refractivity contribution in [2.24, 2.45) is 0 Å². The first kappa shape index (κ1) is 7.94. The lowest BCUT2D eigenvalue weighted by atomic mass is 10.3. The second kappa shape index (κ2) is 2.84. The summed E-state index contributed by atoms with van der Waals surface area (Å²) in [6.07, 6.45) is 0.916. The summed E-state index contributed by atoms with van der Waals surface area (Å²) in [6, 6.07) is 2.54. The number of hydrogen-bond acceptors (Lipinski definition) is 5. The van der Waals surface area contributed by atoms with E-state index in [0.717, 1.165) is 12.3 Å². The normalized spacial score (nSPS) is 8.92. The van der Waals surface area contributed by atoms with Crippen molar-refractivity contribution < 1.29 is 10.0 Å². The zero-order valence-electron chi connectivity index (χ0n) is 5.76. The van der Waals surface area contributed by atoms with Gasteiger partial charge >= 0.3 is 5.82 Å². The standard InChI is InChI=1S/C6H3N3O3/c7-2-4-1-5(10)3-8-6(4)9(11)12/h1,3,10H. The Morgan fingerprint density at radius 3 is 2.92 bits per heavy atom. The van der Waals surface area contributed by atoms with Crippen LogP contribution < -0.4 is 0 Å². The number of nitriles is 1. The lowest BCUT2D eigenvalue weighted by molar-refractivity contribution is -0.389. The zero-order valence-corrected chi connectivity index (χ0v) is 5.76. The van der Waals surface area contributed by atoms with Crippen LogP contribution in [0.25, 0.3) is 0 Å². The number of nitro groups is 1. The Labute approximate surface area is 66.9 Å². The fourth-order valence-corrected chi connectivity index (χ4v) is 0.674. The fourth-order valence-electron chi connectivity index (χ4n) is 0.674. The molecule has 0 fully saturated rings. The van der Waals surface area contributed by atoms with Crippen molar-refractivity contribution >= 4 is 5.82 Å². The van der Waals surface area contributed by atoms with Crippen LogP contribution in [0.1, 0.15) is 5.56 Å². The van der Waals surface area contributed by atoms with Crippen LogP contribution in [0.3, 0.4) is 0 Å². The molecule has 6 heteroatoms. The molecule has 0 aliphatic rings. The van der Waals surface area contributed by atoms with Crippen molar-refractivity contribution in [3.63, 3.8) is 0 Å². The third kappa shape index (κ3) is 1.29. The molecule has 0 aromatic carbocycles. The van der Waals surface area contributed by atoms with E-state index in [1.54, 1.807) is 6.07 Å². The topological polar surface area (TPSA) is 100 Å². The maximum Gasteiger partial charge on any atom is 0.381 e. The largest absolute Gasteiger partial charge is 0.504 e. The van der Waals surface area contributed by atoms with Gasteiger partial charge in [0, 0.05) is 6.07 Å². The lowest BCUT2D eigenvalue weighted by Gasteiger charge is -1.93. The fraction of sp³-hybridized carbons (Fsp3) is 0. The lowest BCUT2D eigenvalue weighted by Crippen LogP contribution is -1.94. The summed E-state index contributed by atoms with van der Waals surface area (Å²) in [5.41, 5.74) is -0.250. The van der Waals surface area contributed by atoms with Gasteiger partial charge in [-0.05, 0) is 9.91 Å². The van der Waals surface area contributed by atoms with Crippen LogP contribution in [-0.4, -0.2) is 15.0 Å². The minimum absolute atomic E-state index is 0.250. The Hall–Kier alpha value is -2.16. The Balaban J connectivity index is 3.32. The summed E-state index contributed by atoms with van der Waals surface area (Å²) in [6.45, 7) is 0. The van der Waals surface area contributed by atoms with Crippen molar-refractivity contribution in [3.05, 3.63) is 27.9 Å². The molecule has 0 spiro atoms. The molecule has 0 bridgehead atoms. The van der Waals surface area contributed by atoms with Crippen molar-refractivity contribution in [1.29, 1.82) is 5.26 Å². The SMILES string of the molecule is N#Cc1cc(O)cnc1[N+](=O)[O-]. The van der Waals surface area contributed by atoms with E-state index in [1.165, 1.54) is 0 Å². The smallest absolute Gasteiger partial charge is 0.381 e. The van der Waals surface area contributed by atoms with Gasteiger partial charge in [-0.2, -0.15) is 5.26 Å². The Bertz CT molecular complexity index is 369. The molecule has 12 heavy (non-hydrogen) atoms. The highest BCUT2D eigenvalue weighted by atomic mass is 16.6. The average Bonchev–Trinajstić information content (AvgIpc) is 2.03. The molecule has 0 unspecified atom stereocenters. The molecule has 0 saturated carbocycles. The molecule has 1 rings (SSSR count). The number of pyridine rings is 1. The van der Waals surface area contributed by atoms with Gasteiger partial charge in [-0.3, -0.25) is 0 Å². The van der Waals surface area contributed by atoms with Gasteiger partial charge in [0.2, 0.25) is 0 Å². The summed E-state index contributed by atoms with van der Waals surface area (Å²) in [4.78, 5) is 12.7. The van der Waals surface area contributed by atoms with Crippen molar-refractivity contribution in [3.8, 4) is 11.8 Å². The van der Waals surface area contributed by atoms with E-state index >= 15 is 0 Å². The number of aromatic hydroxyl groups is 1. The summed E-state index contributed by atoms with van der Waals surface area (Å²) in [5.74, 6) is -0.813. The molecule has 0 saturated heterocycles. The third-order valence-corrected chi connectivity index (χ3v) is 1.15. The number of aromatic nitrogens is 1. The molecule has 0 aliphatic carbocycles. The molecule has 1 heterocycles. The highest BCUT2D eigenvalue weighted by Gasteiger charge is 2.15. The second-order valence-electron chi connectivity index (χ2n) is 1.93. The first-order valence-electron chi connectivity index (χ1n) is 2.88. The summed E-state index contributed by atoms with van der Waals surface area (Å²) < 4.78 is 0. The minimum Gasteiger partial charge on any atom is -0.504 e. The molecular weight excluding hydrogens is 162 g/mol. The molecular formula is C6H3N3O3. The number of rotatable bonds is 1. The van der Waals surface area contributed by atoms with E-state index < -0.39 is 10.7 Å². The predicted molar refractivity (Wildman–Crippen MR) is 37.3 cm³/mol. The third-order valence-electron chi connectivity index (χ3n) is 1.15. The molecule has 1 aromatic rings. The highest BCUT2D eigenvalue weighted by Crippen LogP contribution is 2.18. The van der Waals surface area contributed by atoms with E-state index in [4.69, 9.17) is 10.4 Å². The molecule has 0 aliphatic heterocycles. The van der Waals surface area contributed by atoms with E-state index in [-0.39, 0.29) is 11.3 Å². The van der Waals surface area contributed by atoms with E-state index in [2.05, 4.69) is 4.98 Å². The van der Waals surface area contributed by atoms with Crippen LogP contribution in [0.2, 0.25) is 0 Å². The zero-order chi connectivity index (χ0) is 9.14. The van der Waals surface area contributed by atoms with Gasteiger partial charge in [0.25, 0.3) is 0 Å². The molecule has 6 nitrogen and oxygen atoms in total. The van der Waals surface area contributed by atoms with Crippen LogP contribution >= 0.6 is 0 Å². The minimum atomic E-state index is -0.780. The van der Waals surface area contributed by atoms with E-state index in [1.807, 2.05) is 0 Å². The van der Waals surface area contributed by atoms with Gasteiger partial charge < -0.3 is 15.2 Å². The summed E-state index contributed by atoms with van der Waals surface area (Å²) in [5, 5.41) is 27.4. The van der Waals surface area contributed by atoms with Gasteiger partial charge in [0.15, 0.2) is 17.5 Å². The molecule has 0 radical (unpaired) electrons. The maximum atomic E-state index is 10.2. The Morgan fingerprint density at radius 2 is 2.42 bits per heavy atom. The van der Waals surface area contributed by atoms with Crippen LogP contribution in [0.15, 0.2) is 12.3 Å². The molecule has 0 atom stereocenters. The number of hydrogen-bond donors (Lipinski definition) is 1. The first-order chi connectivity index (χ1) is 5.65. The maximum absolute atomic E-state index is 10.2. The van der Waals surface area contributed by atoms with E-state index in [0.29, 0.717) is 0 Å².